The van der Waals surface area contributed by atoms with Crippen molar-refractivity contribution in [2.24, 2.45) is 11.7 Å². The molecule has 1 unspecified atom stereocenters. The molecule has 32 heavy (non-hydrogen) atoms. The Morgan fingerprint density at radius 1 is 1.12 bits per heavy atom. The average molecular weight is 460 g/mol. The molecule has 0 aliphatic carbocycles. The van der Waals surface area contributed by atoms with E-state index in [9.17, 15) is 18.0 Å². The van der Waals surface area contributed by atoms with E-state index in [4.69, 9.17) is 10.5 Å². The van der Waals surface area contributed by atoms with E-state index in [1.807, 2.05) is 6.92 Å². The van der Waals surface area contributed by atoms with Crippen molar-refractivity contribution < 1.29 is 22.7 Å². The summed E-state index contributed by atoms with van der Waals surface area (Å²) < 4.78 is 33.1. The van der Waals surface area contributed by atoms with E-state index in [0.717, 1.165) is 12.8 Å². The van der Waals surface area contributed by atoms with Gasteiger partial charge in [0.15, 0.2) is 0 Å². The molecule has 1 heterocycles. The minimum absolute atomic E-state index is 0.102. The van der Waals surface area contributed by atoms with Gasteiger partial charge >= 0.3 is 0 Å². The lowest BCUT2D eigenvalue weighted by molar-refractivity contribution is -0.118. The van der Waals surface area contributed by atoms with Crippen LogP contribution in [0.3, 0.4) is 0 Å². The third-order valence-corrected chi connectivity index (χ3v) is 6.83. The van der Waals surface area contributed by atoms with E-state index in [0.29, 0.717) is 49.5 Å². The Hall–Kier alpha value is -3.07. The topological polar surface area (TPSA) is 119 Å². The summed E-state index contributed by atoms with van der Waals surface area (Å²) in [6.45, 7) is 3.62. The number of piperidine rings is 1. The van der Waals surface area contributed by atoms with Gasteiger partial charge in [-0.3, -0.25) is 14.3 Å². The van der Waals surface area contributed by atoms with Crippen LogP contribution in [-0.4, -0.2) is 44.8 Å². The lowest BCUT2D eigenvalue weighted by Gasteiger charge is -2.32. The van der Waals surface area contributed by atoms with Crippen LogP contribution in [0.2, 0.25) is 0 Å². The summed E-state index contributed by atoms with van der Waals surface area (Å²) in [5.74, 6) is 0.440. The Labute approximate surface area is 188 Å². The van der Waals surface area contributed by atoms with Gasteiger partial charge in [-0.05, 0) is 80.6 Å². The standard InChI is InChI=1S/C23H29N3O5S/c1-2-31-20-10-12-21(13-11-20)32(29,30)25-19-8-6-18(7-9-19)23(28)26-15-3-4-17(16-26)5-14-22(24)27/h6-13,17,25H,2-5,14-16H2,1H3,(H2,24,27). The van der Waals surface area contributed by atoms with Gasteiger partial charge in [0.25, 0.3) is 15.9 Å². The number of primary amides is 1. The van der Waals surface area contributed by atoms with Gasteiger partial charge in [-0.25, -0.2) is 8.42 Å². The van der Waals surface area contributed by atoms with E-state index in [2.05, 4.69) is 4.72 Å². The fourth-order valence-corrected chi connectivity index (χ4v) is 4.85. The molecule has 1 atom stereocenters. The second kappa shape index (κ2) is 10.5. The lowest BCUT2D eigenvalue weighted by atomic mass is 9.93. The van der Waals surface area contributed by atoms with Crippen LogP contribution in [0, 0.1) is 5.92 Å². The molecule has 0 spiro atoms. The van der Waals surface area contributed by atoms with Gasteiger partial charge in [0, 0.05) is 30.8 Å². The summed E-state index contributed by atoms with van der Waals surface area (Å²) in [6, 6.07) is 12.6. The zero-order valence-corrected chi connectivity index (χ0v) is 18.9. The molecule has 0 bridgehead atoms. The molecular weight excluding hydrogens is 430 g/mol. The maximum atomic E-state index is 12.9. The minimum Gasteiger partial charge on any atom is -0.494 e. The number of sulfonamides is 1. The summed E-state index contributed by atoms with van der Waals surface area (Å²) in [5, 5.41) is 0. The number of carbonyl (C=O) groups excluding carboxylic acids is 2. The van der Waals surface area contributed by atoms with Crippen LogP contribution >= 0.6 is 0 Å². The zero-order chi connectivity index (χ0) is 23.1. The van der Waals surface area contributed by atoms with Gasteiger partial charge in [0.1, 0.15) is 5.75 Å². The summed E-state index contributed by atoms with van der Waals surface area (Å²) in [4.78, 5) is 25.8. The first kappa shape index (κ1) is 23.6. The highest BCUT2D eigenvalue weighted by Gasteiger charge is 2.25. The van der Waals surface area contributed by atoms with E-state index in [1.54, 1.807) is 41.3 Å². The van der Waals surface area contributed by atoms with Crippen molar-refractivity contribution in [1.82, 2.24) is 4.90 Å². The zero-order valence-electron chi connectivity index (χ0n) is 18.1. The second-order valence-electron chi connectivity index (χ2n) is 7.85. The number of nitrogens with one attached hydrogen (secondary N) is 1. The molecule has 0 saturated carbocycles. The number of benzene rings is 2. The van der Waals surface area contributed by atoms with Gasteiger partial charge in [0.2, 0.25) is 5.91 Å². The molecule has 172 valence electrons. The number of likely N-dealkylation sites (tertiary alicyclic amines) is 1. The summed E-state index contributed by atoms with van der Waals surface area (Å²) >= 11 is 0. The largest absolute Gasteiger partial charge is 0.494 e. The highest BCUT2D eigenvalue weighted by atomic mass is 32.2. The Balaban J connectivity index is 1.62. The molecule has 2 aromatic carbocycles. The fourth-order valence-electron chi connectivity index (χ4n) is 3.79. The first-order valence-electron chi connectivity index (χ1n) is 10.7. The summed E-state index contributed by atoms with van der Waals surface area (Å²) in [5.41, 5.74) is 6.09. The summed E-state index contributed by atoms with van der Waals surface area (Å²) in [7, 11) is -3.76. The van der Waals surface area contributed by atoms with Crippen molar-refractivity contribution in [3.63, 3.8) is 0 Å². The van der Waals surface area contributed by atoms with Gasteiger partial charge < -0.3 is 15.4 Å². The number of nitrogens with zero attached hydrogens (tertiary/aromatic N) is 1. The van der Waals surface area contributed by atoms with Gasteiger partial charge in [-0.1, -0.05) is 0 Å². The highest BCUT2D eigenvalue weighted by Crippen LogP contribution is 2.24. The summed E-state index contributed by atoms with van der Waals surface area (Å²) in [6.07, 6.45) is 2.87. The predicted octanol–water partition coefficient (Wildman–Crippen LogP) is 3.00. The number of hydrogen-bond acceptors (Lipinski definition) is 5. The molecule has 3 N–H and O–H groups in total. The number of nitrogens with two attached hydrogens (primary N) is 1. The Kier molecular flexibility index (Phi) is 7.74. The van der Waals surface area contributed by atoms with E-state index >= 15 is 0 Å². The Bertz CT molecular complexity index is 1040. The normalized spacial score (nSPS) is 16.4. The molecule has 1 saturated heterocycles. The second-order valence-corrected chi connectivity index (χ2v) is 9.53. The van der Waals surface area contributed by atoms with Gasteiger partial charge in [-0.2, -0.15) is 0 Å². The molecule has 1 aliphatic heterocycles. The number of amides is 2. The molecule has 1 aliphatic rings. The number of ether oxygens (including phenoxy) is 1. The quantitative estimate of drug-likeness (QED) is 0.597. The van der Waals surface area contributed by atoms with Crippen LogP contribution in [0.4, 0.5) is 5.69 Å². The lowest BCUT2D eigenvalue weighted by Crippen LogP contribution is -2.40. The van der Waals surface area contributed by atoms with Crippen LogP contribution in [0.25, 0.3) is 0 Å². The smallest absolute Gasteiger partial charge is 0.261 e. The van der Waals surface area contributed by atoms with Crippen molar-refractivity contribution in [1.29, 1.82) is 0 Å². The molecule has 0 aromatic heterocycles. The molecule has 9 heteroatoms. The predicted molar refractivity (Wildman–Crippen MR) is 122 cm³/mol. The number of anilines is 1. The third-order valence-electron chi connectivity index (χ3n) is 5.43. The highest BCUT2D eigenvalue weighted by molar-refractivity contribution is 7.92. The molecule has 2 amide bonds. The van der Waals surface area contributed by atoms with Crippen LogP contribution in [0.5, 0.6) is 5.75 Å². The van der Waals surface area contributed by atoms with Crippen molar-refractivity contribution in [3.8, 4) is 5.75 Å². The van der Waals surface area contributed by atoms with Crippen molar-refractivity contribution in [3.05, 3.63) is 54.1 Å². The molecule has 1 fully saturated rings. The molecule has 8 nitrogen and oxygen atoms in total. The monoisotopic (exact) mass is 459 g/mol. The Morgan fingerprint density at radius 3 is 2.44 bits per heavy atom. The fraction of sp³-hybridized carbons (Fsp3) is 0.391. The SMILES string of the molecule is CCOc1ccc(S(=O)(=O)Nc2ccc(C(=O)N3CCCC(CCC(N)=O)C3)cc2)cc1. The molecule has 0 radical (unpaired) electrons. The molecular formula is C23H29N3O5S. The van der Waals surface area contributed by atoms with Crippen molar-refractivity contribution >= 4 is 27.5 Å². The number of carbonyl (C=O) groups is 2. The van der Waals surface area contributed by atoms with Gasteiger partial charge in [-0.15, -0.1) is 0 Å². The molecule has 3 rings (SSSR count). The first-order chi connectivity index (χ1) is 15.3. The van der Waals surface area contributed by atoms with Crippen LogP contribution < -0.4 is 15.2 Å². The van der Waals surface area contributed by atoms with Crippen molar-refractivity contribution in [2.45, 2.75) is 37.5 Å². The van der Waals surface area contributed by atoms with Crippen molar-refractivity contribution in [2.75, 3.05) is 24.4 Å². The average Bonchev–Trinajstić information content (AvgIpc) is 2.78. The van der Waals surface area contributed by atoms with E-state index < -0.39 is 10.0 Å². The van der Waals surface area contributed by atoms with Crippen LogP contribution in [-0.2, 0) is 14.8 Å². The van der Waals surface area contributed by atoms with E-state index in [-0.39, 0.29) is 22.6 Å². The molecule has 2 aromatic rings. The van der Waals surface area contributed by atoms with E-state index in [1.165, 1.54) is 12.1 Å². The van der Waals surface area contributed by atoms with Gasteiger partial charge in [0.05, 0.1) is 11.5 Å². The van der Waals surface area contributed by atoms with Crippen LogP contribution in [0.15, 0.2) is 53.4 Å². The number of rotatable bonds is 9. The van der Waals surface area contributed by atoms with Crippen LogP contribution in [0.1, 0.15) is 43.0 Å². The number of hydrogen-bond donors (Lipinski definition) is 2. The minimum atomic E-state index is -3.76. The Morgan fingerprint density at radius 2 is 1.81 bits per heavy atom. The first-order valence-corrected chi connectivity index (χ1v) is 12.2. The third kappa shape index (κ3) is 6.23. The maximum absolute atomic E-state index is 12.9. The maximum Gasteiger partial charge on any atom is 0.261 e.